The zero-order valence-electron chi connectivity index (χ0n) is 18.4. The van der Waals surface area contributed by atoms with Gasteiger partial charge in [-0.1, -0.05) is 61.9 Å². The molecule has 0 aliphatic rings. The molecule has 3 aromatic carbocycles. The number of aryl methyl sites for hydroxylation is 2. The first-order valence-corrected chi connectivity index (χ1v) is 10.9. The van der Waals surface area contributed by atoms with Gasteiger partial charge in [0.05, 0.1) is 12.3 Å². The molecule has 162 valence electrons. The number of carbonyl (C=O) groups is 1. The Hall–Kier alpha value is -3.27. The summed E-state index contributed by atoms with van der Waals surface area (Å²) >= 11 is 0. The van der Waals surface area contributed by atoms with Crippen LogP contribution in [0.5, 0.6) is 11.5 Å². The second-order valence-corrected chi connectivity index (χ2v) is 7.67. The second kappa shape index (κ2) is 11.8. The minimum atomic E-state index is -0.0198. The smallest absolute Gasteiger partial charge is 0.224 e. The third kappa shape index (κ3) is 7.49. The van der Waals surface area contributed by atoms with Crippen LogP contribution in [0.2, 0.25) is 0 Å². The molecule has 31 heavy (non-hydrogen) atoms. The van der Waals surface area contributed by atoms with E-state index in [0.717, 1.165) is 46.7 Å². The molecule has 3 rings (SSSR count). The van der Waals surface area contributed by atoms with E-state index >= 15 is 0 Å². The Morgan fingerprint density at radius 2 is 1.68 bits per heavy atom. The van der Waals surface area contributed by atoms with Crippen LogP contribution < -0.4 is 14.8 Å². The number of hydrogen-bond donors (Lipinski definition) is 1. The van der Waals surface area contributed by atoms with Crippen molar-refractivity contribution >= 4 is 11.6 Å². The summed E-state index contributed by atoms with van der Waals surface area (Å²) in [5, 5.41) is 3.00. The van der Waals surface area contributed by atoms with Gasteiger partial charge in [-0.25, -0.2) is 0 Å². The zero-order chi connectivity index (χ0) is 21.9. The number of hydrogen-bond acceptors (Lipinski definition) is 3. The standard InChI is InChI=1S/C27H31NO3/c1-3-4-18-30-26-19-21(2)10-16-25(26)28-27(29)17-13-22-11-14-24(15-12-22)31-20-23-8-6-5-7-9-23/h5-12,14-16,19H,3-4,13,17-18,20H2,1-2H3,(H,28,29). The third-order valence-electron chi connectivity index (χ3n) is 4.98. The minimum Gasteiger partial charge on any atom is -0.491 e. The van der Waals surface area contributed by atoms with Crippen LogP contribution in [0.1, 0.15) is 42.9 Å². The largest absolute Gasteiger partial charge is 0.491 e. The summed E-state index contributed by atoms with van der Waals surface area (Å²) < 4.78 is 11.7. The summed E-state index contributed by atoms with van der Waals surface area (Å²) in [5.41, 5.74) is 4.08. The van der Waals surface area contributed by atoms with Gasteiger partial charge >= 0.3 is 0 Å². The maximum absolute atomic E-state index is 12.5. The molecule has 0 bridgehead atoms. The third-order valence-corrected chi connectivity index (χ3v) is 4.98. The molecule has 0 radical (unpaired) electrons. The molecule has 0 aliphatic heterocycles. The highest BCUT2D eigenvalue weighted by molar-refractivity contribution is 5.92. The van der Waals surface area contributed by atoms with Gasteiger partial charge in [-0.2, -0.15) is 0 Å². The normalized spacial score (nSPS) is 10.5. The van der Waals surface area contributed by atoms with E-state index in [4.69, 9.17) is 9.47 Å². The number of amides is 1. The zero-order valence-corrected chi connectivity index (χ0v) is 18.4. The molecule has 0 aliphatic carbocycles. The summed E-state index contributed by atoms with van der Waals surface area (Å²) in [5.74, 6) is 1.54. The predicted octanol–water partition coefficient (Wildman–Crippen LogP) is 6.32. The number of anilines is 1. The van der Waals surface area contributed by atoms with Crippen molar-refractivity contribution in [2.45, 2.75) is 46.1 Å². The predicted molar refractivity (Wildman–Crippen MR) is 126 cm³/mol. The number of nitrogens with one attached hydrogen (secondary N) is 1. The summed E-state index contributed by atoms with van der Waals surface area (Å²) in [4.78, 5) is 12.5. The lowest BCUT2D eigenvalue weighted by molar-refractivity contribution is -0.116. The molecule has 3 aromatic rings. The molecule has 0 heterocycles. The van der Waals surface area contributed by atoms with Crippen molar-refractivity contribution in [3.63, 3.8) is 0 Å². The Kier molecular flexibility index (Phi) is 8.53. The summed E-state index contributed by atoms with van der Waals surface area (Å²) in [7, 11) is 0. The van der Waals surface area contributed by atoms with Gasteiger partial charge in [-0.15, -0.1) is 0 Å². The molecule has 0 fully saturated rings. The topological polar surface area (TPSA) is 47.6 Å². The van der Waals surface area contributed by atoms with E-state index in [1.54, 1.807) is 0 Å². The molecule has 0 atom stereocenters. The van der Waals surface area contributed by atoms with Crippen LogP contribution in [0.15, 0.2) is 72.8 Å². The Labute approximate surface area is 185 Å². The van der Waals surface area contributed by atoms with E-state index in [9.17, 15) is 4.79 Å². The molecule has 0 spiro atoms. The quantitative estimate of drug-likeness (QED) is 0.371. The van der Waals surface area contributed by atoms with Crippen molar-refractivity contribution in [1.82, 2.24) is 0 Å². The second-order valence-electron chi connectivity index (χ2n) is 7.67. The summed E-state index contributed by atoms with van der Waals surface area (Å²) in [6, 6.07) is 23.9. The van der Waals surface area contributed by atoms with Gasteiger partial charge in [0.2, 0.25) is 5.91 Å². The molecule has 1 N–H and O–H groups in total. The lowest BCUT2D eigenvalue weighted by Crippen LogP contribution is -2.13. The molecule has 0 saturated carbocycles. The van der Waals surface area contributed by atoms with Gasteiger partial charge in [0.1, 0.15) is 18.1 Å². The van der Waals surface area contributed by atoms with Crippen LogP contribution in [0.25, 0.3) is 0 Å². The maximum atomic E-state index is 12.5. The average Bonchev–Trinajstić information content (AvgIpc) is 2.79. The number of carbonyl (C=O) groups excluding carboxylic acids is 1. The fraction of sp³-hybridized carbons (Fsp3) is 0.296. The average molecular weight is 418 g/mol. The number of unbranched alkanes of at least 4 members (excludes halogenated alkanes) is 1. The molecule has 1 amide bonds. The maximum Gasteiger partial charge on any atom is 0.224 e. The van der Waals surface area contributed by atoms with E-state index < -0.39 is 0 Å². The van der Waals surface area contributed by atoms with Crippen LogP contribution >= 0.6 is 0 Å². The molecule has 0 aromatic heterocycles. The van der Waals surface area contributed by atoms with E-state index in [-0.39, 0.29) is 5.91 Å². The molecule has 4 nitrogen and oxygen atoms in total. The molecule has 0 unspecified atom stereocenters. The van der Waals surface area contributed by atoms with Crippen LogP contribution in [-0.2, 0) is 17.8 Å². The Bertz CT molecular complexity index is 952. The van der Waals surface area contributed by atoms with Crippen molar-refractivity contribution in [2.24, 2.45) is 0 Å². The molecule has 4 heteroatoms. The van der Waals surface area contributed by atoms with Crippen LogP contribution in [0.4, 0.5) is 5.69 Å². The Balaban J connectivity index is 1.48. The first kappa shape index (κ1) is 22.4. The molecular weight excluding hydrogens is 386 g/mol. The van der Waals surface area contributed by atoms with Gasteiger partial charge in [0.25, 0.3) is 0 Å². The van der Waals surface area contributed by atoms with Crippen molar-refractivity contribution in [3.8, 4) is 11.5 Å². The lowest BCUT2D eigenvalue weighted by Gasteiger charge is -2.13. The van der Waals surface area contributed by atoms with Crippen LogP contribution in [-0.4, -0.2) is 12.5 Å². The fourth-order valence-electron chi connectivity index (χ4n) is 3.14. The highest BCUT2D eigenvalue weighted by atomic mass is 16.5. The van der Waals surface area contributed by atoms with E-state index in [2.05, 4.69) is 12.2 Å². The van der Waals surface area contributed by atoms with Crippen LogP contribution in [0, 0.1) is 6.92 Å². The van der Waals surface area contributed by atoms with Crippen molar-refractivity contribution in [2.75, 3.05) is 11.9 Å². The minimum absolute atomic E-state index is 0.0198. The van der Waals surface area contributed by atoms with Gasteiger partial charge in [-0.3, -0.25) is 4.79 Å². The van der Waals surface area contributed by atoms with Gasteiger partial charge < -0.3 is 14.8 Å². The Morgan fingerprint density at radius 1 is 0.903 bits per heavy atom. The van der Waals surface area contributed by atoms with E-state index in [1.165, 1.54) is 0 Å². The lowest BCUT2D eigenvalue weighted by atomic mass is 10.1. The first-order chi connectivity index (χ1) is 15.1. The van der Waals surface area contributed by atoms with Crippen molar-refractivity contribution in [1.29, 1.82) is 0 Å². The molecule has 0 saturated heterocycles. The summed E-state index contributed by atoms with van der Waals surface area (Å²) in [6.07, 6.45) is 3.14. The summed E-state index contributed by atoms with van der Waals surface area (Å²) in [6.45, 7) is 5.35. The van der Waals surface area contributed by atoms with Gasteiger partial charge in [0.15, 0.2) is 0 Å². The fourth-order valence-corrected chi connectivity index (χ4v) is 3.14. The monoisotopic (exact) mass is 417 g/mol. The number of rotatable bonds is 11. The molecular formula is C27H31NO3. The number of ether oxygens (including phenoxy) is 2. The Morgan fingerprint density at radius 3 is 2.42 bits per heavy atom. The highest BCUT2D eigenvalue weighted by Gasteiger charge is 2.09. The first-order valence-electron chi connectivity index (χ1n) is 10.9. The van der Waals surface area contributed by atoms with E-state index in [1.807, 2.05) is 79.7 Å². The number of benzene rings is 3. The SMILES string of the molecule is CCCCOc1cc(C)ccc1NC(=O)CCc1ccc(OCc2ccccc2)cc1. The van der Waals surface area contributed by atoms with Gasteiger partial charge in [0, 0.05) is 6.42 Å². The highest BCUT2D eigenvalue weighted by Crippen LogP contribution is 2.26. The van der Waals surface area contributed by atoms with Crippen LogP contribution in [0.3, 0.4) is 0 Å². The van der Waals surface area contributed by atoms with E-state index in [0.29, 0.717) is 26.1 Å². The van der Waals surface area contributed by atoms with Gasteiger partial charge in [-0.05, 0) is 60.7 Å². The van der Waals surface area contributed by atoms with Crippen molar-refractivity contribution < 1.29 is 14.3 Å². The van der Waals surface area contributed by atoms with Crippen molar-refractivity contribution in [3.05, 3.63) is 89.5 Å².